The van der Waals surface area contributed by atoms with Crippen molar-refractivity contribution in [2.24, 2.45) is 11.7 Å². The molecule has 1 fully saturated rings. The summed E-state index contributed by atoms with van der Waals surface area (Å²) in [5.74, 6) is 0.602. The van der Waals surface area contributed by atoms with Crippen molar-refractivity contribution in [1.29, 1.82) is 0 Å². The summed E-state index contributed by atoms with van der Waals surface area (Å²) in [4.78, 5) is 16.4. The van der Waals surface area contributed by atoms with Crippen molar-refractivity contribution in [3.8, 4) is 0 Å². The molecule has 4 nitrogen and oxygen atoms in total. The summed E-state index contributed by atoms with van der Waals surface area (Å²) in [6.07, 6.45) is 1.03. The zero-order valence-corrected chi connectivity index (χ0v) is 11.8. The van der Waals surface area contributed by atoms with Crippen molar-refractivity contribution in [2.45, 2.75) is 13.0 Å². The molecule has 104 valence electrons. The number of amides is 1. The Labute approximate surface area is 115 Å². The molecular formula is C15H23N3O. The number of carbonyl (C=O) groups excluding carboxylic acids is 1. The molecule has 19 heavy (non-hydrogen) atoms. The Morgan fingerprint density at radius 1 is 1.47 bits per heavy atom. The summed E-state index contributed by atoms with van der Waals surface area (Å²) in [7, 11) is 4.06. The van der Waals surface area contributed by atoms with Crippen LogP contribution in [0.4, 0.5) is 0 Å². The van der Waals surface area contributed by atoms with E-state index in [1.54, 1.807) is 0 Å². The normalized spacial score (nSPS) is 19.2. The number of nitrogens with two attached hydrogens (primary N) is 1. The SMILES string of the molecule is CN(C)Cc1cccc(C(=O)N2CCC(CN)C2)c1. The minimum atomic E-state index is 0.136. The van der Waals surface area contributed by atoms with E-state index in [2.05, 4.69) is 11.0 Å². The van der Waals surface area contributed by atoms with Crippen LogP contribution in [-0.4, -0.2) is 49.4 Å². The largest absolute Gasteiger partial charge is 0.338 e. The van der Waals surface area contributed by atoms with Gasteiger partial charge in [-0.3, -0.25) is 4.79 Å². The van der Waals surface area contributed by atoms with Crippen LogP contribution in [0.5, 0.6) is 0 Å². The molecule has 4 heteroatoms. The van der Waals surface area contributed by atoms with Gasteiger partial charge in [-0.2, -0.15) is 0 Å². The number of hydrogen-bond donors (Lipinski definition) is 1. The molecule has 0 aliphatic carbocycles. The maximum Gasteiger partial charge on any atom is 0.253 e. The van der Waals surface area contributed by atoms with Crippen LogP contribution >= 0.6 is 0 Å². The van der Waals surface area contributed by atoms with Gasteiger partial charge in [0.05, 0.1) is 0 Å². The summed E-state index contributed by atoms with van der Waals surface area (Å²) >= 11 is 0. The fourth-order valence-corrected chi connectivity index (χ4v) is 2.56. The van der Waals surface area contributed by atoms with Gasteiger partial charge in [0.1, 0.15) is 0 Å². The number of carbonyl (C=O) groups is 1. The van der Waals surface area contributed by atoms with Gasteiger partial charge in [0.25, 0.3) is 5.91 Å². The van der Waals surface area contributed by atoms with E-state index in [0.717, 1.165) is 31.6 Å². The minimum Gasteiger partial charge on any atom is -0.338 e. The van der Waals surface area contributed by atoms with Crippen molar-refractivity contribution in [3.05, 3.63) is 35.4 Å². The van der Waals surface area contributed by atoms with Gasteiger partial charge >= 0.3 is 0 Å². The lowest BCUT2D eigenvalue weighted by Gasteiger charge is -2.17. The summed E-state index contributed by atoms with van der Waals surface area (Å²) in [5.41, 5.74) is 7.63. The topological polar surface area (TPSA) is 49.6 Å². The van der Waals surface area contributed by atoms with Crippen molar-refractivity contribution >= 4 is 5.91 Å². The van der Waals surface area contributed by atoms with Gasteiger partial charge < -0.3 is 15.5 Å². The van der Waals surface area contributed by atoms with Gasteiger partial charge in [-0.25, -0.2) is 0 Å². The Hall–Kier alpha value is -1.39. The molecule has 2 N–H and O–H groups in total. The molecule has 1 saturated heterocycles. The van der Waals surface area contributed by atoms with Crippen LogP contribution in [0, 0.1) is 5.92 Å². The maximum absolute atomic E-state index is 12.4. The fourth-order valence-electron chi connectivity index (χ4n) is 2.56. The smallest absolute Gasteiger partial charge is 0.253 e. The van der Waals surface area contributed by atoms with Gasteiger partial charge in [-0.05, 0) is 50.7 Å². The molecule has 1 unspecified atom stereocenters. The second kappa shape index (κ2) is 6.17. The molecule has 1 aliphatic rings. The first-order chi connectivity index (χ1) is 9.10. The van der Waals surface area contributed by atoms with E-state index in [9.17, 15) is 4.79 Å². The third kappa shape index (κ3) is 3.55. The first kappa shape index (κ1) is 14.0. The van der Waals surface area contributed by atoms with E-state index in [1.807, 2.05) is 37.2 Å². The zero-order valence-electron chi connectivity index (χ0n) is 11.8. The van der Waals surface area contributed by atoms with Gasteiger partial charge in [0, 0.05) is 25.2 Å². The van der Waals surface area contributed by atoms with Crippen molar-refractivity contribution in [1.82, 2.24) is 9.80 Å². The lowest BCUT2D eigenvalue weighted by atomic mass is 10.1. The number of hydrogen-bond acceptors (Lipinski definition) is 3. The average molecular weight is 261 g/mol. The summed E-state index contributed by atoms with van der Waals surface area (Å²) < 4.78 is 0. The Morgan fingerprint density at radius 2 is 2.26 bits per heavy atom. The quantitative estimate of drug-likeness (QED) is 0.885. The Kier molecular flexibility index (Phi) is 4.56. The molecule has 1 aliphatic heterocycles. The highest BCUT2D eigenvalue weighted by molar-refractivity contribution is 5.94. The van der Waals surface area contributed by atoms with E-state index < -0.39 is 0 Å². The van der Waals surface area contributed by atoms with E-state index in [1.165, 1.54) is 5.56 Å². The molecule has 1 aromatic carbocycles. The Bertz CT molecular complexity index is 445. The van der Waals surface area contributed by atoms with Gasteiger partial charge in [0.2, 0.25) is 0 Å². The molecule has 0 aromatic heterocycles. The third-order valence-corrected chi connectivity index (χ3v) is 3.58. The molecule has 0 bridgehead atoms. The first-order valence-electron chi connectivity index (χ1n) is 6.83. The Balaban J connectivity index is 2.07. The molecule has 0 spiro atoms. The fraction of sp³-hybridized carbons (Fsp3) is 0.533. The molecule has 0 saturated carbocycles. The van der Waals surface area contributed by atoms with Crippen molar-refractivity contribution < 1.29 is 4.79 Å². The van der Waals surface area contributed by atoms with E-state index in [-0.39, 0.29) is 5.91 Å². The number of rotatable bonds is 4. The van der Waals surface area contributed by atoms with Gasteiger partial charge in [0.15, 0.2) is 0 Å². The maximum atomic E-state index is 12.4. The van der Waals surface area contributed by atoms with Crippen LogP contribution in [-0.2, 0) is 6.54 Å². The third-order valence-electron chi connectivity index (χ3n) is 3.58. The first-order valence-corrected chi connectivity index (χ1v) is 6.83. The van der Waals surface area contributed by atoms with Gasteiger partial charge in [-0.1, -0.05) is 12.1 Å². The molecule has 1 aromatic rings. The minimum absolute atomic E-state index is 0.136. The molecule has 1 heterocycles. The second-order valence-corrected chi connectivity index (χ2v) is 5.58. The Morgan fingerprint density at radius 3 is 2.89 bits per heavy atom. The summed E-state index contributed by atoms with van der Waals surface area (Å²) in [6.45, 7) is 3.16. The van der Waals surface area contributed by atoms with E-state index in [0.29, 0.717) is 12.5 Å². The molecular weight excluding hydrogens is 238 g/mol. The highest BCUT2D eigenvalue weighted by atomic mass is 16.2. The van der Waals surface area contributed by atoms with Crippen LogP contribution < -0.4 is 5.73 Å². The van der Waals surface area contributed by atoms with Crippen molar-refractivity contribution in [2.75, 3.05) is 33.7 Å². The highest BCUT2D eigenvalue weighted by Crippen LogP contribution is 2.18. The number of nitrogens with zero attached hydrogens (tertiary/aromatic N) is 2. The molecule has 1 amide bonds. The predicted octanol–water partition coefficient (Wildman–Crippen LogP) is 1.17. The van der Waals surface area contributed by atoms with Crippen LogP contribution in [0.15, 0.2) is 24.3 Å². The number of likely N-dealkylation sites (tertiary alicyclic amines) is 1. The highest BCUT2D eigenvalue weighted by Gasteiger charge is 2.25. The summed E-state index contributed by atoms with van der Waals surface area (Å²) in [6, 6.07) is 7.92. The van der Waals surface area contributed by atoms with E-state index >= 15 is 0 Å². The second-order valence-electron chi connectivity index (χ2n) is 5.58. The van der Waals surface area contributed by atoms with Crippen LogP contribution in [0.2, 0.25) is 0 Å². The monoisotopic (exact) mass is 261 g/mol. The van der Waals surface area contributed by atoms with E-state index in [4.69, 9.17) is 5.73 Å². The summed E-state index contributed by atoms with van der Waals surface area (Å²) in [5, 5.41) is 0. The molecule has 1 atom stereocenters. The lowest BCUT2D eigenvalue weighted by Crippen LogP contribution is -2.30. The average Bonchev–Trinajstić information content (AvgIpc) is 2.86. The molecule has 0 radical (unpaired) electrons. The molecule has 2 rings (SSSR count). The van der Waals surface area contributed by atoms with Crippen LogP contribution in [0.3, 0.4) is 0 Å². The van der Waals surface area contributed by atoms with Crippen LogP contribution in [0.1, 0.15) is 22.3 Å². The van der Waals surface area contributed by atoms with Gasteiger partial charge in [-0.15, -0.1) is 0 Å². The standard InChI is InChI=1S/C15H23N3O/c1-17(2)10-12-4-3-5-14(8-12)15(19)18-7-6-13(9-16)11-18/h3-5,8,13H,6-7,9-11,16H2,1-2H3. The zero-order chi connectivity index (χ0) is 13.8. The van der Waals surface area contributed by atoms with Crippen LogP contribution in [0.25, 0.3) is 0 Å². The number of benzene rings is 1. The van der Waals surface area contributed by atoms with Crippen molar-refractivity contribution in [3.63, 3.8) is 0 Å². The predicted molar refractivity (Wildman–Crippen MR) is 76.9 cm³/mol. The lowest BCUT2D eigenvalue weighted by molar-refractivity contribution is 0.0787.